The van der Waals surface area contributed by atoms with E-state index >= 15 is 0 Å². The number of nitrogens with zero attached hydrogens (tertiary/aromatic N) is 1. The highest BCUT2D eigenvalue weighted by Crippen LogP contribution is 2.22. The fourth-order valence-electron chi connectivity index (χ4n) is 2.40. The summed E-state index contributed by atoms with van der Waals surface area (Å²) in [5.41, 5.74) is 4.60. The summed E-state index contributed by atoms with van der Waals surface area (Å²) in [5.74, 6) is 0.759. The van der Waals surface area contributed by atoms with Gasteiger partial charge in [0.15, 0.2) is 5.69 Å². The Bertz CT molecular complexity index is 846. The Morgan fingerprint density at radius 3 is 2.17 bits per heavy atom. The Morgan fingerprint density at radius 1 is 0.958 bits per heavy atom. The van der Waals surface area contributed by atoms with Crippen LogP contribution in [0.4, 0.5) is 0 Å². The van der Waals surface area contributed by atoms with Crippen molar-refractivity contribution in [3.05, 3.63) is 76.7 Å². The third-order valence-electron chi connectivity index (χ3n) is 3.88. The summed E-state index contributed by atoms with van der Waals surface area (Å²) in [6.07, 6.45) is 0. The van der Waals surface area contributed by atoms with Crippen LogP contribution in [0.5, 0.6) is 0 Å². The highest BCUT2D eigenvalue weighted by atomic mass is 16.4. The van der Waals surface area contributed by atoms with Crippen molar-refractivity contribution in [3.8, 4) is 11.5 Å². The second-order valence-corrected chi connectivity index (χ2v) is 5.96. The molecule has 24 heavy (non-hydrogen) atoms. The summed E-state index contributed by atoms with van der Waals surface area (Å²) < 4.78 is 5.66. The summed E-state index contributed by atoms with van der Waals surface area (Å²) in [6, 6.07) is 15.9. The molecule has 4 heteroatoms. The third kappa shape index (κ3) is 3.54. The van der Waals surface area contributed by atoms with Crippen molar-refractivity contribution >= 4 is 5.91 Å². The molecule has 0 radical (unpaired) electrons. The number of hydrogen-bond donors (Lipinski definition) is 1. The van der Waals surface area contributed by atoms with E-state index in [0.29, 0.717) is 23.9 Å². The molecule has 1 amide bonds. The molecule has 0 unspecified atom stereocenters. The van der Waals surface area contributed by atoms with E-state index in [1.807, 2.05) is 62.4 Å². The Labute approximate surface area is 141 Å². The average molecular weight is 320 g/mol. The van der Waals surface area contributed by atoms with Crippen LogP contribution >= 0.6 is 0 Å². The molecule has 0 aliphatic heterocycles. The van der Waals surface area contributed by atoms with Crippen LogP contribution in [0.15, 0.2) is 52.9 Å². The molecular formula is C20H20N2O2. The maximum Gasteiger partial charge on any atom is 0.273 e. The molecule has 3 rings (SSSR count). The van der Waals surface area contributed by atoms with E-state index in [9.17, 15) is 4.79 Å². The number of nitrogens with one attached hydrogen (secondary N) is 1. The number of oxazole rings is 1. The second-order valence-electron chi connectivity index (χ2n) is 5.96. The lowest BCUT2D eigenvalue weighted by Gasteiger charge is -2.04. The Balaban J connectivity index is 1.73. The third-order valence-corrected chi connectivity index (χ3v) is 3.88. The van der Waals surface area contributed by atoms with Gasteiger partial charge >= 0.3 is 0 Å². The van der Waals surface area contributed by atoms with Gasteiger partial charge in [0, 0.05) is 12.1 Å². The van der Waals surface area contributed by atoms with E-state index in [1.54, 1.807) is 6.92 Å². The first-order chi connectivity index (χ1) is 11.5. The summed E-state index contributed by atoms with van der Waals surface area (Å²) in [5, 5.41) is 2.89. The molecule has 0 saturated carbocycles. The zero-order valence-corrected chi connectivity index (χ0v) is 14.1. The number of hydrogen-bond acceptors (Lipinski definition) is 3. The van der Waals surface area contributed by atoms with Gasteiger partial charge in [-0.2, -0.15) is 0 Å². The summed E-state index contributed by atoms with van der Waals surface area (Å²) in [7, 11) is 0. The molecule has 0 aliphatic carbocycles. The molecule has 0 bridgehead atoms. The standard InChI is InChI=1S/C20H20N2O2/c1-13-4-8-16(9-5-13)12-21-19(23)18-15(3)24-20(22-18)17-10-6-14(2)7-11-17/h4-11H,12H2,1-3H3,(H,21,23). The molecule has 3 aromatic rings. The first kappa shape index (κ1) is 16.0. The van der Waals surface area contributed by atoms with Crippen LogP contribution in [0.1, 0.15) is 32.9 Å². The zero-order valence-electron chi connectivity index (χ0n) is 14.1. The monoisotopic (exact) mass is 320 g/mol. The van der Waals surface area contributed by atoms with Gasteiger partial charge in [0.2, 0.25) is 5.89 Å². The first-order valence-electron chi connectivity index (χ1n) is 7.91. The average Bonchev–Trinajstić information content (AvgIpc) is 2.96. The highest BCUT2D eigenvalue weighted by Gasteiger charge is 2.17. The summed E-state index contributed by atoms with van der Waals surface area (Å²) in [6.45, 7) is 6.28. The summed E-state index contributed by atoms with van der Waals surface area (Å²) >= 11 is 0. The molecular weight excluding hydrogens is 300 g/mol. The van der Waals surface area contributed by atoms with E-state index in [2.05, 4.69) is 10.3 Å². The van der Waals surface area contributed by atoms with Crippen LogP contribution < -0.4 is 5.32 Å². The van der Waals surface area contributed by atoms with Crippen molar-refractivity contribution in [2.24, 2.45) is 0 Å². The zero-order chi connectivity index (χ0) is 17.1. The molecule has 1 heterocycles. The normalized spacial score (nSPS) is 10.6. The number of benzene rings is 2. The lowest BCUT2D eigenvalue weighted by Crippen LogP contribution is -2.23. The van der Waals surface area contributed by atoms with Crippen molar-refractivity contribution in [1.29, 1.82) is 0 Å². The van der Waals surface area contributed by atoms with E-state index in [1.165, 1.54) is 5.56 Å². The van der Waals surface area contributed by atoms with Crippen LogP contribution in [0, 0.1) is 20.8 Å². The van der Waals surface area contributed by atoms with Crippen LogP contribution in [-0.2, 0) is 6.54 Å². The first-order valence-corrected chi connectivity index (χ1v) is 7.91. The Morgan fingerprint density at radius 2 is 1.54 bits per heavy atom. The smallest absolute Gasteiger partial charge is 0.273 e. The van der Waals surface area contributed by atoms with E-state index in [0.717, 1.165) is 16.7 Å². The van der Waals surface area contributed by atoms with E-state index in [-0.39, 0.29) is 5.91 Å². The number of carbonyl (C=O) groups excluding carboxylic acids is 1. The van der Waals surface area contributed by atoms with Gasteiger partial charge in [-0.25, -0.2) is 4.98 Å². The summed E-state index contributed by atoms with van der Waals surface area (Å²) in [4.78, 5) is 16.7. The van der Waals surface area contributed by atoms with Gasteiger partial charge in [-0.05, 0) is 38.5 Å². The van der Waals surface area contributed by atoms with Gasteiger partial charge in [0.25, 0.3) is 5.91 Å². The largest absolute Gasteiger partial charge is 0.441 e. The molecule has 0 aliphatic rings. The minimum atomic E-state index is -0.227. The van der Waals surface area contributed by atoms with Crippen molar-refractivity contribution < 1.29 is 9.21 Å². The van der Waals surface area contributed by atoms with Crippen molar-refractivity contribution in [2.45, 2.75) is 27.3 Å². The predicted molar refractivity (Wildman–Crippen MR) is 93.8 cm³/mol. The fourth-order valence-corrected chi connectivity index (χ4v) is 2.40. The SMILES string of the molecule is Cc1ccc(CNC(=O)c2nc(-c3ccc(C)cc3)oc2C)cc1. The van der Waals surface area contributed by atoms with E-state index in [4.69, 9.17) is 4.42 Å². The Hall–Kier alpha value is -2.88. The van der Waals surface area contributed by atoms with Crippen LogP contribution in [0.25, 0.3) is 11.5 Å². The molecule has 0 saturated heterocycles. The molecule has 4 nitrogen and oxygen atoms in total. The fraction of sp³-hybridized carbons (Fsp3) is 0.200. The topological polar surface area (TPSA) is 55.1 Å². The van der Waals surface area contributed by atoms with Crippen LogP contribution in [0.2, 0.25) is 0 Å². The maximum absolute atomic E-state index is 12.4. The second kappa shape index (κ2) is 6.71. The molecule has 1 N–H and O–H groups in total. The van der Waals surface area contributed by atoms with Crippen LogP contribution in [0.3, 0.4) is 0 Å². The minimum Gasteiger partial charge on any atom is -0.441 e. The van der Waals surface area contributed by atoms with Gasteiger partial charge in [-0.1, -0.05) is 47.5 Å². The number of rotatable bonds is 4. The number of aryl methyl sites for hydroxylation is 3. The molecule has 2 aromatic carbocycles. The molecule has 0 atom stereocenters. The quantitative estimate of drug-likeness (QED) is 0.784. The lowest BCUT2D eigenvalue weighted by molar-refractivity contribution is 0.0945. The maximum atomic E-state index is 12.4. The van der Waals surface area contributed by atoms with Gasteiger partial charge in [0.05, 0.1) is 0 Å². The molecule has 1 aromatic heterocycles. The predicted octanol–water partition coefficient (Wildman–Crippen LogP) is 4.20. The number of carbonyl (C=O) groups is 1. The van der Waals surface area contributed by atoms with Crippen LogP contribution in [-0.4, -0.2) is 10.9 Å². The molecule has 0 fully saturated rings. The number of aromatic nitrogens is 1. The lowest BCUT2D eigenvalue weighted by atomic mass is 10.1. The number of amides is 1. The highest BCUT2D eigenvalue weighted by molar-refractivity contribution is 5.93. The van der Waals surface area contributed by atoms with E-state index < -0.39 is 0 Å². The van der Waals surface area contributed by atoms with Crippen molar-refractivity contribution in [2.75, 3.05) is 0 Å². The van der Waals surface area contributed by atoms with Crippen molar-refractivity contribution in [1.82, 2.24) is 10.3 Å². The molecule has 122 valence electrons. The van der Waals surface area contributed by atoms with Gasteiger partial charge in [-0.15, -0.1) is 0 Å². The minimum absolute atomic E-state index is 0.227. The van der Waals surface area contributed by atoms with Gasteiger partial charge in [0.1, 0.15) is 5.76 Å². The van der Waals surface area contributed by atoms with Gasteiger partial charge in [-0.3, -0.25) is 4.79 Å². The van der Waals surface area contributed by atoms with Crippen molar-refractivity contribution in [3.63, 3.8) is 0 Å². The Kier molecular flexibility index (Phi) is 4.47. The van der Waals surface area contributed by atoms with Gasteiger partial charge < -0.3 is 9.73 Å². The molecule has 0 spiro atoms.